The number of phenols is 1. The lowest BCUT2D eigenvalue weighted by Crippen LogP contribution is -2.13. The zero-order chi connectivity index (χ0) is 16.4. The van der Waals surface area contributed by atoms with Gasteiger partial charge in [-0.05, 0) is 25.0 Å². The minimum absolute atomic E-state index is 0.0619. The molecule has 7 nitrogen and oxygen atoms in total. The first-order valence-electron chi connectivity index (χ1n) is 6.75. The van der Waals surface area contributed by atoms with Crippen molar-refractivity contribution in [1.82, 2.24) is 0 Å². The summed E-state index contributed by atoms with van der Waals surface area (Å²) in [4.78, 5) is 21.8. The van der Waals surface area contributed by atoms with E-state index in [4.69, 9.17) is 14.6 Å². The molecule has 0 aliphatic rings. The van der Waals surface area contributed by atoms with Gasteiger partial charge in [0.15, 0.2) is 0 Å². The number of ether oxygens (including phenoxy) is 2. The Kier molecular flexibility index (Phi) is 7.32. The summed E-state index contributed by atoms with van der Waals surface area (Å²) in [7, 11) is 0. The van der Waals surface area contributed by atoms with Crippen LogP contribution >= 0.6 is 0 Å². The second-order valence-electron chi connectivity index (χ2n) is 4.39. The maximum absolute atomic E-state index is 11.4. The molecule has 0 unspecified atom stereocenters. The van der Waals surface area contributed by atoms with Crippen molar-refractivity contribution in [3.05, 3.63) is 30.9 Å². The van der Waals surface area contributed by atoms with Gasteiger partial charge < -0.3 is 19.7 Å². The number of amides is 1. The number of carbonyl (C=O) groups is 2. The molecule has 3 N–H and O–H groups in total. The van der Waals surface area contributed by atoms with Crippen LogP contribution < -0.4 is 10.1 Å². The van der Waals surface area contributed by atoms with Crippen LogP contribution in [0.5, 0.6) is 11.5 Å². The fourth-order valence-electron chi connectivity index (χ4n) is 1.55. The average molecular weight is 309 g/mol. The molecule has 0 radical (unpaired) electrons. The predicted molar refractivity (Wildman–Crippen MR) is 80.3 cm³/mol. The second-order valence-corrected chi connectivity index (χ2v) is 4.39. The first-order chi connectivity index (χ1) is 10.5. The number of hydrogen-bond donors (Lipinski definition) is 3. The molecule has 1 amide bonds. The van der Waals surface area contributed by atoms with Gasteiger partial charge in [0.25, 0.3) is 0 Å². The van der Waals surface area contributed by atoms with Crippen molar-refractivity contribution in [3.8, 4) is 11.5 Å². The monoisotopic (exact) mass is 309 g/mol. The number of hydrogen-bond acceptors (Lipinski definition) is 5. The Morgan fingerprint density at radius 1 is 1.32 bits per heavy atom. The molecule has 0 saturated carbocycles. The van der Waals surface area contributed by atoms with Gasteiger partial charge in [-0.15, -0.1) is 0 Å². The molecule has 1 rings (SSSR count). The summed E-state index contributed by atoms with van der Waals surface area (Å²) < 4.78 is 10.2. The van der Waals surface area contributed by atoms with E-state index < -0.39 is 12.1 Å². The van der Waals surface area contributed by atoms with Crippen molar-refractivity contribution < 1.29 is 29.3 Å². The number of aliphatic carboxylic acids is 1. The van der Waals surface area contributed by atoms with E-state index in [9.17, 15) is 14.7 Å². The van der Waals surface area contributed by atoms with Gasteiger partial charge in [-0.2, -0.15) is 0 Å². The standard InChI is InChI=1S/C15H19NO6/c1-2-8-22-15(20)16-12-10-11(6-7-13(12)17)21-9-4-3-5-14(18)19/h2,6-7,10,17H,1,3-5,8-9H2,(H,16,20)(H,18,19). The van der Waals surface area contributed by atoms with Crippen LogP contribution in [0, 0.1) is 0 Å². The van der Waals surface area contributed by atoms with Gasteiger partial charge in [-0.1, -0.05) is 12.7 Å². The molecule has 0 fully saturated rings. The summed E-state index contributed by atoms with van der Waals surface area (Å²) in [5.41, 5.74) is 0.164. The number of unbranched alkanes of at least 4 members (excludes halogenated alkanes) is 1. The summed E-state index contributed by atoms with van der Waals surface area (Å²) in [6.07, 6.45) is 1.93. The molecule has 0 heterocycles. The van der Waals surface area contributed by atoms with Gasteiger partial charge >= 0.3 is 12.1 Å². The highest BCUT2D eigenvalue weighted by Gasteiger charge is 2.08. The summed E-state index contributed by atoms with van der Waals surface area (Å²) in [6.45, 7) is 3.83. The van der Waals surface area contributed by atoms with Crippen LogP contribution in [0.25, 0.3) is 0 Å². The van der Waals surface area contributed by atoms with E-state index in [0.717, 1.165) is 0 Å². The largest absolute Gasteiger partial charge is 0.506 e. The van der Waals surface area contributed by atoms with Gasteiger partial charge in [0.2, 0.25) is 0 Å². The van der Waals surface area contributed by atoms with Crippen LogP contribution in [0.2, 0.25) is 0 Å². The van der Waals surface area contributed by atoms with Crippen molar-refractivity contribution in [3.63, 3.8) is 0 Å². The molecule has 7 heteroatoms. The number of phenolic OH excluding ortho intramolecular Hbond substituents is 1. The Labute approximate surface area is 128 Å². The van der Waals surface area contributed by atoms with E-state index in [1.807, 2.05) is 0 Å². The number of carbonyl (C=O) groups excluding carboxylic acids is 1. The number of carboxylic acids is 1. The van der Waals surface area contributed by atoms with E-state index in [0.29, 0.717) is 25.2 Å². The lowest BCUT2D eigenvalue weighted by atomic mass is 10.2. The van der Waals surface area contributed by atoms with Gasteiger partial charge in [0.1, 0.15) is 18.1 Å². The summed E-state index contributed by atoms with van der Waals surface area (Å²) in [5, 5.41) is 20.6. The van der Waals surface area contributed by atoms with E-state index in [1.165, 1.54) is 18.2 Å². The molecular formula is C15H19NO6. The molecule has 0 aliphatic heterocycles. The van der Waals surface area contributed by atoms with Gasteiger partial charge in [0, 0.05) is 12.5 Å². The number of rotatable bonds is 9. The topological polar surface area (TPSA) is 105 Å². The SMILES string of the molecule is C=CCOC(=O)Nc1cc(OCCCCC(=O)O)ccc1O. The smallest absolute Gasteiger partial charge is 0.412 e. The van der Waals surface area contributed by atoms with Crippen LogP contribution in [-0.4, -0.2) is 35.5 Å². The Balaban J connectivity index is 2.49. The van der Waals surface area contributed by atoms with Gasteiger partial charge in [-0.25, -0.2) is 4.79 Å². The quantitative estimate of drug-likeness (QED) is 0.368. The minimum Gasteiger partial charge on any atom is -0.506 e. The minimum atomic E-state index is -0.839. The third-order valence-corrected chi connectivity index (χ3v) is 2.59. The van der Waals surface area contributed by atoms with Crippen LogP contribution in [0.3, 0.4) is 0 Å². The van der Waals surface area contributed by atoms with Gasteiger partial charge in [0.05, 0.1) is 12.3 Å². The Hall–Kier alpha value is -2.70. The maximum Gasteiger partial charge on any atom is 0.412 e. The van der Waals surface area contributed by atoms with Crippen molar-refractivity contribution >= 4 is 17.7 Å². The van der Waals surface area contributed by atoms with E-state index >= 15 is 0 Å². The number of benzene rings is 1. The molecule has 22 heavy (non-hydrogen) atoms. The number of nitrogens with one attached hydrogen (secondary N) is 1. The van der Waals surface area contributed by atoms with Crippen LogP contribution in [-0.2, 0) is 9.53 Å². The second kappa shape index (κ2) is 9.28. The first kappa shape index (κ1) is 17.4. The van der Waals surface area contributed by atoms with Crippen molar-refractivity contribution in [2.45, 2.75) is 19.3 Å². The lowest BCUT2D eigenvalue weighted by molar-refractivity contribution is -0.137. The molecule has 0 bridgehead atoms. The Morgan fingerprint density at radius 2 is 2.09 bits per heavy atom. The molecule has 0 saturated heterocycles. The van der Waals surface area contributed by atoms with Crippen LogP contribution in [0.4, 0.5) is 10.5 Å². The lowest BCUT2D eigenvalue weighted by Gasteiger charge is -2.10. The van der Waals surface area contributed by atoms with E-state index in [-0.39, 0.29) is 24.5 Å². The summed E-state index contributed by atoms with van der Waals surface area (Å²) in [5.74, 6) is -0.505. The third-order valence-electron chi connectivity index (χ3n) is 2.59. The highest BCUT2D eigenvalue weighted by atomic mass is 16.5. The average Bonchev–Trinajstić information content (AvgIpc) is 2.47. The van der Waals surface area contributed by atoms with E-state index in [2.05, 4.69) is 11.9 Å². The molecule has 0 aromatic heterocycles. The van der Waals surface area contributed by atoms with Gasteiger partial charge in [-0.3, -0.25) is 10.1 Å². The normalized spacial score (nSPS) is 9.82. The molecule has 1 aromatic carbocycles. The fourth-order valence-corrected chi connectivity index (χ4v) is 1.55. The Morgan fingerprint density at radius 3 is 2.77 bits per heavy atom. The number of carboxylic acid groups (broad SMARTS) is 1. The molecule has 0 atom stereocenters. The highest BCUT2D eigenvalue weighted by Crippen LogP contribution is 2.28. The van der Waals surface area contributed by atoms with Crippen LogP contribution in [0.15, 0.2) is 30.9 Å². The molecular weight excluding hydrogens is 290 g/mol. The highest BCUT2D eigenvalue weighted by molar-refractivity contribution is 5.87. The first-order valence-corrected chi connectivity index (χ1v) is 6.75. The molecule has 0 spiro atoms. The zero-order valence-corrected chi connectivity index (χ0v) is 12.1. The van der Waals surface area contributed by atoms with Crippen molar-refractivity contribution in [1.29, 1.82) is 0 Å². The Bertz CT molecular complexity index is 529. The third kappa shape index (κ3) is 6.65. The van der Waals surface area contributed by atoms with E-state index in [1.54, 1.807) is 6.07 Å². The fraction of sp³-hybridized carbons (Fsp3) is 0.333. The number of anilines is 1. The van der Waals surface area contributed by atoms with Crippen LogP contribution in [0.1, 0.15) is 19.3 Å². The molecule has 1 aromatic rings. The zero-order valence-electron chi connectivity index (χ0n) is 12.1. The molecule has 120 valence electrons. The summed E-state index contributed by atoms with van der Waals surface area (Å²) in [6, 6.07) is 4.39. The maximum atomic E-state index is 11.4. The van der Waals surface area contributed by atoms with Crippen molar-refractivity contribution in [2.24, 2.45) is 0 Å². The summed E-state index contributed by atoms with van der Waals surface area (Å²) >= 11 is 0. The number of aromatic hydroxyl groups is 1. The molecule has 0 aliphatic carbocycles. The predicted octanol–water partition coefficient (Wildman–Crippen LogP) is 2.76. The van der Waals surface area contributed by atoms with Crippen molar-refractivity contribution in [2.75, 3.05) is 18.5 Å².